The summed E-state index contributed by atoms with van der Waals surface area (Å²) in [4.78, 5) is 26.5. The minimum atomic E-state index is -4.70. The second-order valence-electron chi connectivity index (χ2n) is 4.17. The Hall–Kier alpha value is -2.85. The highest BCUT2D eigenvalue weighted by Crippen LogP contribution is 2.26. The van der Waals surface area contributed by atoms with Crippen LogP contribution in [0, 0.1) is 0 Å². The Kier molecular flexibility index (Phi) is 4.15. The Bertz CT molecular complexity index is 665. The SMILES string of the molecule is CC(NC(=O)c1ccco1)C(=O)Nc1n[nH]c(C(F)(F)F)n1. The second kappa shape index (κ2) is 5.87. The third-order valence-corrected chi connectivity index (χ3v) is 2.47. The molecule has 1 atom stereocenters. The highest BCUT2D eigenvalue weighted by atomic mass is 19.4. The molecule has 1 unspecified atom stereocenters. The standard InChI is InChI=1S/C11H10F3N5O3/c1-5(15-8(21)6-3-2-4-22-6)7(20)16-10-17-9(18-19-10)11(12,13)14/h2-5H,1H3,(H,15,21)(H2,16,17,18,19,20). The van der Waals surface area contributed by atoms with E-state index in [9.17, 15) is 22.8 Å². The van der Waals surface area contributed by atoms with Gasteiger partial charge in [0, 0.05) is 0 Å². The van der Waals surface area contributed by atoms with E-state index in [1.165, 1.54) is 25.3 Å². The van der Waals surface area contributed by atoms with E-state index in [0.29, 0.717) is 0 Å². The first-order valence-corrected chi connectivity index (χ1v) is 5.92. The monoisotopic (exact) mass is 317 g/mol. The van der Waals surface area contributed by atoms with Crippen LogP contribution in [0.2, 0.25) is 0 Å². The van der Waals surface area contributed by atoms with Crippen LogP contribution in [-0.2, 0) is 11.0 Å². The van der Waals surface area contributed by atoms with Gasteiger partial charge in [-0.05, 0) is 19.1 Å². The fourth-order valence-electron chi connectivity index (χ4n) is 1.40. The number of carbonyl (C=O) groups excluding carboxylic acids is 2. The largest absolute Gasteiger partial charge is 0.459 e. The lowest BCUT2D eigenvalue weighted by Gasteiger charge is -2.11. The predicted octanol–water partition coefficient (Wildman–Crippen LogP) is 1.17. The van der Waals surface area contributed by atoms with E-state index in [2.05, 4.69) is 15.4 Å². The Morgan fingerprint density at radius 3 is 2.68 bits per heavy atom. The molecule has 0 spiro atoms. The molecule has 0 aliphatic carbocycles. The third-order valence-electron chi connectivity index (χ3n) is 2.47. The molecule has 0 aromatic carbocycles. The van der Waals surface area contributed by atoms with Crippen LogP contribution in [0.3, 0.4) is 0 Å². The number of furan rings is 1. The molecule has 118 valence electrons. The molecule has 2 rings (SSSR count). The van der Waals surface area contributed by atoms with E-state index in [-0.39, 0.29) is 5.76 Å². The van der Waals surface area contributed by atoms with Gasteiger partial charge < -0.3 is 9.73 Å². The van der Waals surface area contributed by atoms with Crippen molar-refractivity contribution in [2.24, 2.45) is 0 Å². The van der Waals surface area contributed by atoms with Crippen molar-refractivity contribution in [3.05, 3.63) is 30.0 Å². The van der Waals surface area contributed by atoms with Gasteiger partial charge in [-0.1, -0.05) is 0 Å². The number of aromatic nitrogens is 3. The molecular formula is C11H10F3N5O3. The lowest BCUT2D eigenvalue weighted by molar-refractivity contribution is -0.144. The lowest BCUT2D eigenvalue weighted by Crippen LogP contribution is -2.41. The average Bonchev–Trinajstić information content (AvgIpc) is 3.08. The van der Waals surface area contributed by atoms with E-state index in [1.54, 1.807) is 5.10 Å². The molecule has 0 aliphatic heterocycles. The number of nitrogens with one attached hydrogen (secondary N) is 3. The predicted molar refractivity (Wildman–Crippen MR) is 65.7 cm³/mol. The molecule has 0 fully saturated rings. The van der Waals surface area contributed by atoms with E-state index in [4.69, 9.17) is 4.42 Å². The first kappa shape index (κ1) is 15.5. The quantitative estimate of drug-likeness (QED) is 0.783. The minimum Gasteiger partial charge on any atom is -0.459 e. The van der Waals surface area contributed by atoms with Gasteiger partial charge in [0.1, 0.15) is 6.04 Å². The van der Waals surface area contributed by atoms with E-state index in [1.807, 2.05) is 5.32 Å². The average molecular weight is 317 g/mol. The molecule has 0 saturated carbocycles. The maximum atomic E-state index is 12.3. The van der Waals surface area contributed by atoms with Crippen LogP contribution < -0.4 is 10.6 Å². The van der Waals surface area contributed by atoms with Gasteiger partial charge >= 0.3 is 6.18 Å². The summed E-state index contributed by atoms with van der Waals surface area (Å²) in [6, 6.07) is 1.85. The molecule has 3 N–H and O–H groups in total. The van der Waals surface area contributed by atoms with Crippen LogP contribution >= 0.6 is 0 Å². The molecule has 2 aromatic heterocycles. The van der Waals surface area contributed by atoms with Gasteiger partial charge in [-0.15, -0.1) is 5.10 Å². The number of amides is 2. The van der Waals surface area contributed by atoms with Crippen molar-refractivity contribution < 1.29 is 27.2 Å². The van der Waals surface area contributed by atoms with E-state index < -0.39 is 35.8 Å². The molecule has 2 aromatic rings. The Labute approximate surface area is 121 Å². The number of rotatable bonds is 4. The molecule has 0 bridgehead atoms. The number of nitrogens with zero attached hydrogens (tertiary/aromatic N) is 2. The van der Waals surface area contributed by atoms with Crippen LogP contribution in [-0.4, -0.2) is 33.0 Å². The maximum absolute atomic E-state index is 12.3. The van der Waals surface area contributed by atoms with E-state index >= 15 is 0 Å². The number of hydrogen-bond acceptors (Lipinski definition) is 5. The molecule has 0 saturated heterocycles. The molecule has 2 amide bonds. The minimum absolute atomic E-state index is 0.00287. The first-order valence-electron chi connectivity index (χ1n) is 5.92. The molecule has 0 radical (unpaired) electrons. The van der Waals surface area contributed by atoms with Gasteiger partial charge in [0.15, 0.2) is 5.76 Å². The fourth-order valence-corrected chi connectivity index (χ4v) is 1.40. The Morgan fingerprint density at radius 2 is 2.14 bits per heavy atom. The second-order valence-corrected chi connectivity index (χ2v) is 4.17. The molecule has 22 heavy (non-hydrogen) atoms. The molecule has 0 aliphatic rings. The number of halogens is 3. The van der Waals surface area contributed by atoms with Crippen molar-refractivity contribution in [3.8, 4) is 0 Å². The number of alkyl halides is 3. The van der Waals surface area contributed by atoms with Crippen molar-refractivity contribution in [1.29, 1.82) is 0 Å². The zero-order valence-electron chi connectivity index (χ0n) is 11.1. The van der Waals surface area contributed by atoms with Gasteiger partial charge in [-0.2, -0.15) is 18.2 Å². The molecule has 8 nitrogen and oxygen atoms in total. The first-order chi connectivity index (χ1) is 10.3. The molecule has 11 heteroatoms. The number of carbonyl (C=O) groups is 2. The molecular weight excluding hydrogens is 307 g/mol. The lowest BCUT2D eigenvalue weighted by atomic mass is 10.3. The highest BCUT2D eigenvalue weighted by molar-refractivity contribution is 5.99. The fraction of sp³-hybridized carbons (Fsp3) is 0.273. The number of aromatic amines is 1. The van der Waals surface area contributed by atoms with Crippen molar-refractivity contribution >= 4 is 17.8 Å². The summed E-state index contributed by atoms with van der Waals surface area (Å²) in [5.74, 6) is -3.31. The van der Waals surface area contributed by atoms with Crippen LogP contribution in [0.1, 0.15) is 23.3 Å². The summed E-state index contributed by atoms with van der Waals surface area (Å²) in [6.45, 7) is 1.34. The van der Waals surface area contributed by atoms with E-state index in [0.717, 1.165) is 0 Å². The molecule has 2 heterocycles. The van der Waals surface area contributed by atoms with Crippen LogP contribution in [0.4, 0.5) is 19.1 Å². The van der Waals surface area contributed by atoms with Gasteiger partial charge in [-0.3, -0.25) is 20.0 Å². The number of H-pyrrole nitrogens is 1. The van der Waals surface area contributed by atoms with Crippen LogP contribution in [0.5, 0.6) is 0 Å². The van der Waals surface area contributed by atoms with Gasteiger partial charge in [-0.25, -0.2) is 0 Å². The Morgan fingerprint density at radius 1 is 1.41 bits per heavy atom. The Balaban J connectivity index is 1.94. The maximum Gasteiger partial charge on any atom is 0.451 e. The summed E-state index contributed by atoms with van der Waals surface area (Å²) in [6.07, 6.45) is -3.42. The van der Waals surface area contributed by atoms with Crippen molar-refractivity contribution in [3.63, 3.8) is 0 Å². The van der Waals surface area contributed by atoms with Crippen molar-refractivity contribution in [2.75, 3.05) is 5.32 Å². The van der Waals surface area contributed by atoms with Crippen LogP contribution in [0.15, 0.2) is 22.8 Å². The zero-order valence-corrected chi connectivity index (χ0v) is 11.1. The summed E-state index contributed by atoms with van der Waals surface area (Å²) >= 11 is 0. The normalized spacial score (nSPS) is 12.7. The smallest absolute Gasteiger partial charge is 0.451 e. The van der Waals surface area contributed by atoms with Gasteiger partial charge in [0.05, 0.1) is 6.26 Å². The summed E-state index contributed by atoms with van der Waals surface area (Å²) < 4.78 is 41.8. The van der Waals surface area contributed by atoms with Crippen LogP contribution in [0.25, 0.3) is 0 Å². The number of hydrogen-bond donors (Lipinski definition) is 3. The summed E-state index contributed by atoms with van der Waals surface area (Å²) in [7, 11) is 0. The third kappa shape index (κ3) is 3.62. The topological polar surface area (TPSA) is 113 Å². The zero-order chi connectivity index (χ0) is 16.3. The summed E-state index contributed by atoms with van der Waals surface area (Å²) in [5, 5.41) is 9.22. The van der Waals surface area contributed by atoms with Gasteiger partial charge in [0.2, 0.25) is 17.7 Å². The highest BCUT2D eigenvalue weighted by Gasteiger charge is 2.35. The van der Waals surface area contributed by atoms with Crippen molar-refractivity contribution in [2.45, 2.75) is 19.1 Å². The van der Waals surface area contributed by atoms with Crippen molar-refractivity contribution in [1.82, 2.24) is 20.5 Å². The number of anilines is 1. The summed E-state index contributed by atoms with van der Waals surface area (Å²) in [5.41, 5.74) is 0. The van der Waals surface area contributed by atoms with Gasteiger partial charge in [0.25, 0.3) is 5.91 Å².